The Kier molecular flexibility index (Phi) is 5.92. The lowest BCUT2D eigenvalue weighted by Crippen LogP contribution is -2.66. The summed E-state index contributed by atoms with van der Waals surface area (Å²) in [6.07, 6.45) is 0.317. The van der Waals surface area contributed by atoms with Crippen LogP contribution in [-0.2, 0) is 24.0 Å². The molecule has 3 rings (SSSR count). The number of carboxylic acids is 1. The van der Waals surface area contributed by atoms with Gasteiger partial charge in [0.1, 0.15) is 19.8 Å². The number of ketones is 1. The zero-order chi connectivity index (χ0) is 21.1. The van der Waals surface area contributed by atoms with E-state index in [0.29, 0.717) is 5.57 Å². The Balaban J connectivity index is 1.77. The Bertz CT molecular complexity index is 908. The van der Waals surface area contributed by atoms with E-state index in [1.165, 1.54) is 31.2 Å². The third kappa shape index (κ3) is 3.97. The van der Waals surface area contributed by atoms with Gasteiger partial charge in [0.25, 0.3) is 5.91 Å². The number of rotatable bonds is 7. The van der Waals surface area contributed by atoms with Gasteiger partial charge in [0, 0.05) is 11.0 Å². The fraction of sp³-hybridized carbons (Fsp3) is 0.353. The van der Waals surface area contributed by atoms with Gasteiger partial charge in [-0.15, -0.1) is 0 Å². The van der Waals surface area contributed by atoms with E-state index in [0.717, 1.165) is 0 Å². The van der Waals surface area contributed by atoms with Crippen LogP contribution >= 0.6 is 11.8 Å². The summed E-state index contributed by atoms with van der Waals surface area (Å²) in [4.78, 5) is 52.4. The highest BCUT2D eigenvalue weighted by Gasteiger charge is 2.56. The van der Waals surface area contributed by atoms with Crippen LogP contribution in [0, 0.1) is 5.92 Å². The third-order valence-electron chi connectivity index (χ3n) is 4.47. The van der Waals surface area contributed by atoms with Crippen LogP contribution in [0.4, 0.5) is 4.79 Å². The molecule has 3 atom stereocenters. The molecule has 0 radical (unpaired) electrons. The molecule has 1 aliphatic heterocycles. The summed E-state index contributed by atoms with van der Waals surface area (Å²) in [5.41, 5.74) is 4.95. The molecular formula is C17H17N3O8S. The maximum absolute atomic E-state index is 12.6. The topological polar surface area (TPSA) is 171 Å². The monoisotopic (exact) mass is 423 g/mol. The van der Waals surface area contributed by atoms with Crippen LogP contribution in [0.5, 0.6) is 0 Å². The number of carboxylic acid groups (broad SMARTS) is 1. The van der Waals surface area contributed by atoms with Crippen molar-refractivity contribution in [2.75, 3.05) is 19.5 Å². The minimum absolute atomic E-state index is 0.123. The van der Waals surface area contributed by atoms with Crippen LogP contribution in [0.15, 0.2) is 39.1 Å². The fourth-order valence-electron chi connectivity index (χ4n) is 3.21. The lowest BCUT2D eigenvalue weighted by Gasteiger charge is -2.46. The van der Waals surface area contributed by atoms with Gasteiger partial charge in [-0.2, -0.15) is 11.8 Å². The molecule has 0 bridgehead atoms. The number of carbonyl (C=O) groups is 4. The first-order chi connectivity index (χ1) is 13.8. The second-order valence-electron chi connectivity index (χ2n) is 6.14. The number of Topliss-reactive ketones (excluding diaryl/α,β-unsaturated/α-hetero) is 1. The summed E-state index contributed by atoms with van der Waals surface area (Å²) in [6, 6.07) is 2.17. The van der Waals surface area contributed by atoms with Gasteiger partial charge < -0.3 is 30.1 Å². The van der Waals surface area contributed by atoms with Gasteiger partial charge in [-0.05, 0) is 17.7 Å². The van der Waals surface area contributed by atoms with Crippen molar-refractivity contribution in [2.24, 2.45) is 16.8 Å². The van der Waals surface area contributed by atoms with Crippen molar-refractivity contribution in [3.05, 3.63) is 35.3 Å². The summed E-state index contributed by atoms with van der Waals surface area (Å²) in [7, 11) is 1.26. The summed E-state index contributed by atoms with van der Waals surface area (Å²) in [6.45, 7) is -0.305. The number of amides is 2. The molecule has 2 heterocycles. The van der Waals surface area contributed by atoms with Gasteiger partial charge in [0.2, 0.25) is 5.71 Å². The molecule has 2 aliphatic rings. The van der Waals surface area contributed by atoms with E-state index < -0.39 is 41.0 Å². The Hall–Kier alpha value is -3.28. The van der Waals surface area contributed by atoms with E-state index in [-0.39, 0.29) is 29.4 Å². The second-order valence-corrected chi connectivity index (χ2v) is 7.30. The lowest BCUT2D eigenvalue weighted by atomic mass is 9.71. The number of fused-ring (bicyclic) bond motifs is 1. The van der Waals surface area contributed by atoms with Crippen molar-refractivity contribution >= 4 is 41.2 Å². The van der Waals surface area contributed by atoms with E-state index >= 15 is 0 Å². The Morgan fingerprint density at radius 1 is 1.45 bits per heavy atom. The summed E-state index contributed by atoms with van der Waals surface area (Å²) < 4.78 is 9.83. The quantitative estimate of drug-likeness (QED) is 0.400. The number of hydrogen-bond donors (Lipinski definition) is 3. The molecule has 1 aromatic heterocycles. The molecule has 154 valence electrons. The number of thioether (sulfide) groups is 1. The number of nitrogens with one attached hydrogen (secondary N) is 1. The van der Waals surface area contributed by atoms with Crippen molar-refractivity contribution in [1.82, 2.24) is 5.32 Å². The molecule has 1 aromatic rings. The maximum Gasteiger partial charge on any atom is 0.404 e. The van der Waals surface area contributed by atoms with E-state index in [1.807, 2.05) is 0 Å². The van der Waals surface area contributed by atoms with E-state index in [9.17, 15) is 24.3 Å². The van der Waals surface area contributed by atoms with E-state index in [4.69, 9.17) is 10.2 Å². The van der Waals surface area contributed by atoms with E-state index in [1.54, 1.807) is 6.07 Å². The Morgan fingerprint density at radius 3 is 2.79 bits per heavy atom. The zero-order valence-corrected chi connectivity index (χ0v) is 15.9. The summed E-state index contributed by atoms with van der Waals surface area (Å²) >= 11 is 1.29. The molecule has 1 saturated carbocycles. The van der Waals surface area contributed by atoms with Crippen molar-refractivity contribution in [2.45, 2.75) is 11.3 Å². The van der Waals surface area contributed by atoms with Crippen LogP contribution in [0.3, 0.4) is 0 Å². The van der Waals surface area contributed by atoms with Crippen LogP contribution in [0.25, 0.3) is 0 Å². The summed E-state index contributed by atoms with van der Waals surface area (Å²) in [5, 5.41) is 15.3. The molecule has 1 aliphatic carbocycles. The minimum atomic E-state index is -1.28. The first kappa shape index (κ1) is 20.5. The molecule has 29 heavy (non-hydrogen) atoms. The molecule has 1 unspecified atom stereocenters. The molecule has 0 aromatic carbocycles. The smallest absolute Gasteiger partial charge is 0.404 e. The number of primary amides is 1. The average Bonchev–Trinajstić information content (AvgIpc) is 3.21. The lowest BCUT2D eigenvalue weighted by molar-refractivity contribution is -0.139. The molecule has 2 amide bonds. The van der Waals surface area contributed by atoms with Crippen LogP contribution < -0.4 is 11.1 Å². The maximum atomic E-state index is 12.6. The fourth-order valence-corrected chi connectivity index (χ4v) is 4.70. The zero-order valence-electron chi connectivity index (χ0n) is 15.1. The standard InChI is InChI=1S/C17H17N3O8S/c1-26-20-11(8-3-2-4-27-8)15(22)19-12-13(21)10-9(16(23)24)7(5-28-17(18)25)6-29-14(10)12/h2-4,10,12,14H,5-6H2,1H3,(H2,18,25)(H,19,22)(H,23,24)/b20-11-/t10?,12-,14+/m1/s1. The van der Waals surface area contributed by atoms with Crippen molar-refractivity contribution in [1.29, 1.82) is 0 Å². The number of aliphatic carboxylic acids is 1. The predicted molar refractivity (Wildman–Crippen MR) is 99.1 cm³/mol. The number of hydrogen-bond acceptors (Lipinski definition) is 9. The second kappa shape index (κ2) is 8.39. The van der Waals surface area contributed by atoms with Gasteiger partial charge in [-0.1, -0.05) is 5.16 Å². The average molecular weight is 423 g/mol. The van der Waals surface area contributed by atoms with Crippen molar-refractivity contribution in [3.63, 3.8) is 0 Å². The normalized spacial score (nSPS) is 23.7. The molecule has 0 spiro atoms. The number of oxime groups is 1. The highest BCUT2D eigenvalue weighted by Crippen LogP contribution is 2.45. The van der Waals surface area contributed by atoms with Gasteiger partial charge >= 0.3 is 12.1 Å². The van der Waals surface area contributed by atoms with Crippen LogP contribution in [0.2, 0.25) is 0 Å². The number of nitrogens with two attached hydrogens (primary N) is 1. The van der Waals surface area contributed by atoms with Gasteiger partial charge in [0.05, 0.1) is 17.8 Å². The first-order valence-electron chi connectivity index (χ1n) is 8.33. The first-order valence-corrected chi connectivity index (χ1v) is 9.38. The SMILES string of the molecule is CO/N=C(\C(=O)N[C@@H]1C(=O)C2C(C(=O)O)=C(COC(N)=O)CS[C@@H]21)c1ccco1. The molecule has 4 N–H and O–H groups in total. The van der Waals surface area contributed by atoms with Crippen LogP contribution in [-0.4, -0.2) is 65.3 Å². The molecule has 0 saturated heterocycles. The van der Waals surface area contributed by atoms with Crippen molar-refractivity contribution in [3.8, 4) is 0 Å². The number of nitrogens with zero attached hydrogens (tertiary/aromatic N) is 1. The third-order valence-corrected chi connectivity index (χ3v) is 5.91. The number of ether oxygens (including phenoxy) is 1. The minimum Gasteiger partial charge on any atom is -0.478 e. The Morgan fingerprint density at radius 2 is 2.21 bits per heavy atom. The highest BCUT2D eigenvalue weighted by atomic mass is 32.2. The largest absolute Gasteiger partial charge is 0.478 e. The van der Waals surface area contributed by atoms with Crippen molar-refractivity contribution < 1.29 is 38.3 Å². The van der Waals surface area contributed by atoms with Gasteiger partial charge in [0.15, 0.2) is 11.5 Å². The molecule has 1 fully saturated rings. The molecule has 11 nitrogen and oxygen atoms in total. The number of carbonyl (C=O) groups excluding carboxylic acids is 3. The van der Waals surface area contributed by atoms with E-state index in [2.05, 4.69) is 20.0 Å². The highest BCUT2D eigenvalue weighted by molar-refractivity contribution is 8.00. The Labute approximate surface area is 168 Å². The predicted octanol–water partition coefficient (Wildman–Crippen LogP) is -0.0943. The van der Waals surface area contributed by atoms with Crippen LogP contribution in [0.1, 0.15) is 5.76 Å². The van der Waals surface area contributed by atoms with Gasteiger partial charge in [-0.25, -0.2) is 9.59 Å². The summed E-state index contributed by atoms with van der Waals surface area (Å²) in [5.74, 6) is -2.98. The van der Waals surface area contributed by atoms with Gasteiger partial charge in [-0.3, -0.25) is 9.59 Å². The molecule has 12 heteroatoms. The number of furan rings is 1. The molecular weight excluding hydrogens is 406 g/mol.